The van der Waals surface area contributed by atoms with E-state index in [-0.39, 0.29) is 25.5 Å². The van der Waals surface area contributed by atoms with Gasteiger partial charge in [0.05, 0.1) is 6.61 Å². The molecule has 0 amide bonds. The van der Waals surface area contributed by atoms with Gasteiger partial charge in [0.25, 0.3) is 0 Å². The van der Waals surface area contributed by atoms with Gasteiger partial charge in [0.2, 0.25) is 0 Å². The molecule has 1 unspecified atom stereocenters. The molecule has 0 radical (unpaired) electrons. The first-order valence-corrected chi connectivity index (χ1v) is 2.64. The predicted molar refractivity (Wildman–Crippen MR) is 19.2 cm³/mol. The minimum absolute atomic E-state index is 0. The summed E-state index contributed by atoms with van der Waals surface area (Å²) >= 11 is 0. The van der Waals surface area contributed by atoms with Crippen molar-refractivity contribution in [1.29, 1.82) is 0 Å². The second kappa shape index (κ2) is 6.62. The molecule has 0 aliphatic carbocycles. The van der Waals surface area contributed by atoms with Crippen molar-refractivity contribution >= 4 is 8.25 Å². The summed E-state index contributed by atoms with van der Waals surface area (Å²) in [6.45, 7) is 1.85. The maximum absolute atomic E-state index is 9.41. The van der Waals surface area contributed by atoms with Crippen molar-refractivity contribution in [1.82, 2.24) is 0 Å². The van der Waals surface area contributed by atoms with Crippen molar-refractivity contribution in [2.24, 2.45) is 0 Å². The van der Waals surface area contributed by atoms with Crippen molar-refractivity contribution in [3.05, 3.63) is 0 Å². The number of hydrogen-bond acceptors (Lipinski definition) is 3. The second-order valence-electron chi connectivity index (χ2n) is 0.641. The van der Waals surface area contributed by atoms with Gasteiger partial charge in [0.15, 0.2) is 0 Å². The Bertz CT molecular complexity index is 56.9. The maximum Gasteiger partial charge on any atom is 1.00 e. The van der Waals surface area contributed by atoms with E-state index in [9.17, 15) is 9.46 Å². The molecule has 0 aromatic rings. The van der Waals surface area contributed by atoms with E-state index in [0.717, 1.165) is 0 Å². The third-order valence-electron chi connectivity index (χ3n) is 0.235. The molecule has 0 saturated heterocycles. The van der Waals surface area contributed by atoms with Crippen LogP contribution in [0.1, 0.15) is 6.92 Å². The summed E-state index contributed by atoms with van der Waals surface area (Å²) in [7, 11) is -2.60. The van der Waals surface area contributed by atoms with Crippen LogP contribution >= 0.6 is 8.25 Å². The SMILES string of the molecule is CCO[P+](=O)[O-].[Li+]. The molecule has 0 fully saturated rings. The molecule has 5 heteroatoms. The molecule has 36 valence electrons. The molecular formula is C2H5LiO3P+. The van der Waals surface area contributed by atoms with Gasteiger partial charge in [0.1, 0.15) is 0 Å². The van der Waals surface area contributed by atoms with Crippen molar-refractivity contribution in [3.8, 4) is 0 Å². The molecule has 0 saturated carbocycles. The zero-order valence-corrected chi connectivity index (χ0v) is 5.27. The van der Waals surface area contributed by atoms with Crippen LogP contribution in [0, 0.1) is 0 Å². The Hall–Kier alpha value is 0.617. The van der Waals surface area contributed by atoms with Gasteiger partial charge < -0.3 is 4.89 Å². The summed E-state index contributed by atoms with van der Waals surface area (Å²) in [5.74, 6) is 0. The van der Waals surface area contributed by atoms with Crippen LogP contribution in [-0.2, 0) is 9.09 Å². The topological polar surface area (TPSA) is 49.4 Å². The average molecular weight is 115 g/mol. The summed E-state index contributed by atoms with van der Waals surface area (Å²) in [6.07, 6.45) is 0. The fourth-order valence-corrected chi connectivity index (χ4v) is 0.316. The zero-order valence-electron chi connectivity index (χ0n) is 4.38. The summed E-state index contributed by atoms with van der Waals surface area (Å²) in [5.41, 5.74) is 0. The largest absolute Gasteiger partial charge is 1.00 e. The van der Waals surface area contributed by atoms with E-state index in [4.69, 9.17) is 0 Å². The molecule has 0 aromatic carbocycles. The van der Waals surface area contributed by atoms with Gasteiger partial charge in [-0.15, -0.1) is 4.52 Å². The van der Waals surface area contributed by atoms with Crippen LogP contribution in [0.3, 0.4) is 0 Å². The van der Waals surface area contributed by atoms with E-state index in [0.29, 0.717) is 0 Å². The molecule has 0 aliphatic heterocycles. The Morgan fingerprint density at radius 1 is 1.86 bits per heavy atom. The Morgan fingerprint density at radius 3 is 2.29 bits per heavy atom. The number of hydrogen-bond donors (Lipinski definition) is 0. The van der Waals surface area contributed by atoms with E-state index in [1.807, 2.05) is 0 Å². The Kier molecular flexibility index (Phi) is 9.99. The van der Waals surface area contributed by atoms with E-state index in [1.165, 1.54) is 0 Å². The molecule has 0 aliphatic rings. The molecule has 0 rings (SSSR count). The molecule has 0 aromatic heterocycles. The first-order valence-electron chi connectivity index (χ1n) is 1.54. The summed E-state index contributed by atoms with van der Waals surface area (Å²) in [6, 6.07) is 0. The van der Waals surface area contributed by atoms with Gasteiger partial charge in [-0.3, -0.25) is 0 Å². The molecule has 1 atom stereocenters. The van der Waals surface area contributed by atoms with Crippen molar-refractivity contribution in [2.75, 3.05) is 6.61 Å². The predicted octanol–water partition coefficient (Wildman–Crippen LogP) is -2.96. The maximum atomic E-state index is 9.41. The second-order valence-corrected chi connectivity index (χ2v) is 1.35. The van der Waals surface area contributed by atoms with E-state index in [2.05, 4.69) is 4.52 Å². The first-order chi connectivity index (χ1) is 2.77. The number of rotatable bonds is 2. The summed E-state index contributed by atoms with van der Waals surface area (Å²) < 4.78 is 13.4. The normalized spacial score (nSPS) is 9.71. The molecule has 7 heavy (non-hydrogen) atoms. The third kappa shape index (κ3) is 10.8. The van der Waals surface area contributed by atoms with E-state index in [1.54, 1.807) is 6.92 Å². The van der Waals surface area contributed by atoms with Crippen LogP contribution < -0.4 is 23.8 Å². The van der Waals surface area contributed by atoms with Crippen molar-refractivity contribution < 1.29 is 32.8 Å². The third-order valence-corrected chi connectivity index (χ3v) is 0.704. The smallest absolute Gasteiger partial charge is 0.566 e. The minimum Gasteiger partial charge on any atom is -0.566 e. The van der Waals surface area contributed by atoms with Gasteiger partial charge in [-0.2, -0.15) is 0 Å². The Balaban J connectivity index is 0. The van der Waals surface area contributed by atoms with Crippen molar-refractivity contribution in [3.63, 3.8) is 0 Å². The van der Waals surface area contributed by atoms with E-state index < -0.39 is 8.25 Å². The van der Waals surface area contributed by atoms with E-state index >= 15 is 0 Å². The van der Waals surface area contributed by atoms with Gasteiger partial charge in [-0.1, -0.05) is 0 Å². The summed E-state index contributed by atoms with van der Waals surface area (Å²) in [4.78, 5) is 9.41. The minimum atomic E-state index is -2.60. The van der Waals surface area contributed by atoms with Gasteiger partial charge >= 0.3 is 27.1 Å². The van der Waals surface area contributed by atoms with Crippen molar-refractivity contribution in [2.45, 2.75) is 6.92 Å². The van der Waals surface area contributed by atoms with Crippen LogP contribution in [0.5, 0.6) is 0 Å². The van der Waals surface area contributed by atoms with Crippen LogP contribution in [0.4, 0.5) is 0 Å². The van der Waals surface area contributed by atoms with Gasteiger partial charge in [-0.05, 0) is 11.5 Å². The molecule has 0 bridgehead atoms. The zero-order chi connectivity index (χ0) is 4.99. The van der Waals surface area contributed by atoms with Crippen LogP contribution in [0.25, 0.3) is 0 Å². The molecular weight excluding hydrogens is 110 g/mol. The molecule has 0 N–H and O–H groups in total. The fraction of sp³-hybridized carbons (Fsp3) is 1.00. The van der Waals surface area contributed by atoms with Crippen LogP contribution in [0.15, 0.2) is 0 Å². The van der Waals surface area contributed by atoms with Crippen LogP contribution in [0.2, 0.25) is 0 Å². The molecule has 0 heterocycles. The Labute approximate surface area is 55.2 Å². The molecule has 0 spiro atoms. The monoisotopic (exact) mass is 115 g/mol. The van der Waals surface area contributed by atoms with Gasteiger partial charge in [-0.25, -0.2) is 0 Å². The first kappa shape index (κ1) is 10.6. The summed E-state index contributed by atoms with van der Waals surface area (Å²) in [5, 5.41) is 0. The van der Waals surface area contributed by atoms with Gasteiger partial charge in [0, 0.05) is 0 Å². The average Bonchev–Trinajstić information content (AvgIpc) is 1.35. The quantitative estimate of drug-likeness (QED) is 0.285. The molecule has 3 nitrogen and oxygen atoms in total. The fourth-order valence-electron chi connectivity index (χ4n) is 0.105. The Morgan fingerprint density at radius 2 is 2.29 bits per heavy atom. The standard InChI is InChI=1S/C2H5O3P.Li/c1-2-5-6(3)4;/h2H2,1H3;/q;+1. The van der Waals surface area contributed by atoms with Crippen LogP contribution in [-0.4, -0.2) is 6.61 Å².